The number of carbonyl (C=O) groups excluding carboxylic acids is 3. The smallest absolute Gasteiger partial charge is 1.00 e. The summed E-state index contributed by atoms with van der Waals surface area (Å²) in [6, 6.07) is 0. The predicted molar refractivity (Wildman–Crippen MR) is 385 cm³/mol. The van der Waals surface area contributed by atoms with Crippen LogP contribution < -0.4 is 164 Å². The molecular weight excluding hydrogens is 1440 g/mol. The van der Waals surface area contributed by atoms with E-state index in [1.54, 1.807) is 18.7 Å². The maximum absolute atomic E-state index is 12.5. The van der Waals surface area contributed by atoms with Gasteiger partial charge < -0.3 is 59.3 Å². The van der Waals surface area contributed by atoms with Crippen molar-refractivity contribution in [3.8, 4) is 0 Å². The van der Waals surface area contributed by atoms with E-state index in [1.807, 2.05) is 0 Å². The maximum Gasteiger partial charge on any atom is 1.00 e. The molecule has 0 spiro atoms. The Morgan fingerprint density at radius 2 is 0.660 bits per heavy atom. The third-order valence-corrected chi connectivity index (χ3v) is 15.7. The van der Waals surface area contributed by atoms with Gasteiger partial charge in [-0.1, -0.05) is 0 Å². The molecule has 0 radical (unpaired) electrons. The van der Waals surface area contributed by atoms with Crippen molar-refractivity contribution in [2.45, 2.75) is 182 Å². The van der Waals surface area contributed by atoms with Crippen molar-refractivity contribution in [3.05, 3.63) is 136 Å². The molecule has 10 rings (SSSR count). The van der Waals surface area contributed by atoms with Crippen LogP contribution in [-0.2, 0) is 122 Å². The number of aliphatic hydroxyl groups is 3. The number of aromatic nitrogens is 20. The van der Waals surface area contributed by atoms with E-state index in [-0.39, 0.29) is 275 Å². The van der Waals surface area contributed by atoms with Gasteiger partial charge in [-0.2, -0.15) is 0 Å². The number of carbonyl (C=O) groups is 3. The molecule has 0 bridgehead atoms. The summed E-state index contributed by atoms with van der Waals surface area (Å²) in [6.45, 7) is 5.81. The van der Waals surface area contributed by atoms with Crippen LogP contribution in [-0.4, -0.2) is 145 Å². The van der Waals surface area contributed by atoms with E-state index in [1.165, 1.54) is 122 Å². The molecule has 0 aliphatic rings. The van der Waals surface area contributed by atoms with Crippen LogP contribution >= 0.6 is 0 Å². The second kappa shape index (κ2) is 43.6. The summed E-state index contributed by atoms with van der Waals surface area (Å²) in [6.07, 6.45) is -12.8. The van der Waals surface area contributed by atoms with Gasteiger partial charge in [0.1, 0.15) is 17.0 Å². The minimum absolute atomic E-state index is 0. The monoisotopic (exact) mass is 1550 g/mol. The van der Waals surface area contributed by atoms with Crippen LogP contribution in [0, 0.1) is 0 Å². The van der Waals surface area contributed by atoms with E-state index in [0.29, 0.717) is 37.0 Å². The molecule has 38 nitrogen and oxygen atoms in total. The first-order valence-corrected chi connectivity index (χ1v) is 32.1. The summed E-state index contributed by atoms with van der Waals surface area (Å²) in [5, 5.41) is 36.9. The number of hydrogen-bond acceptors (Lipinski definition) is 23. The Morgan fingerprint density at radius 3 is 0.887 bits per heavy atom. The summed E-state index contributed by atoms with van der Waals surface area (Å²) in [5.74, 6) is -0.467. The Labute approximate surface area is 713 Å². The van der Waals surface area contributed by atoms with Crippen molar-refractivity contribution in [2.75, 3.05) is 0 Å². The SMILES string of the molecule is CC(=O)CCCCn1c(=O)c2c(ncn2C)n(C)c1=O.O=CO[O-].[2H]c1nc2c(c(=O)n(CCCC([2H])([2H])C(C)=O)c(=O)n2C)n1C.[2H]c1nc2c(c(=O)n(CCCC([2H])([2H])C([2H])(C)O)c(=O)n2C)n1C.[2H]c1nc2c(c(=O)n(CCCC([2H])([2H])[C@@]([2H])(C)O)c(=O)n2C)n1C.[2H]c1nc2c(c(=O)n(CCCC([2H])([2H])[C@]([2H])(C)O)c(=O)n2C)n1C.[H-].[K+].[K+]. The van der Waals surface area contributed by atoms with Gasteiger partial charge in [0.05, 0.1) is 53.9 Å². The molecule has 3 N–H and O–H groups in total. The van der Waals surface area contributed by atoms with Gasteiger partial charge in [-0.3, -0.25) is 74.4 Å². The Morgan fingerprint density at radius 1 is 0.434 bits per heavy atom. The first kappa shape index (κ1) is 70.4. The number of aryl methyl sites for hydroxylation is 10. The quantitative estimate of drug-likeness (QED) is 0.0149. The number of fused-ring (bicyclic) bond motifs is 5. The van der Waals surface area contributed by atoms with Crippen LogP contribution in [0.3, 0.4) is 0 Å². The summed E-state index contributed by atoms with van der Waals surface area (Å²) in [4.78, 5) is 177. The van der Waals surface area contributed by atoms with Crippen LogP contribution in [0.25, 0.3) is 55.8 Å². The van der Waals surface area contributed by atoms with Crippen LogP contribution in [0.1, 0.15) is 153 Å². The number of unbranched alkanes of at least 4 members (excludes halogenated alkanes) is 1. The van der Waals surface area contributed by atoms with Crippen molar-refractivity contribution in [3.63, 3.8) is 0 Å². The van der Waals surface area contributed by atoms with Crippen molar-refractivity contribution in [1.82, 2.24) is 93.4 Å². The minimum atomic E-state index is -2.27. The zero-order valence-electron chi connectivity index (χ0n) is 78.4. The number of hydrogen-bond donors (Lipinski definition) is 3. The zero-order chi connectivity index (χ0) is 91.1. The van der Waals surface area contributed by atoms with Crippen LogP contribution in [0.2, 0.25) is 0 Å². The number of nitrogens with zero attached hydrogens (tertiary/aromatic N) is 20. The normalized spacial score (nSPS) is 15.3. The van der Waals surface area contributed by atoms with Crippen molar-refractivity contribution < 1.29 is 165 Å². The van der Waals surface area contributed by atoms with Crippen LogP contribution in [0.4, 0.5) is 0 Å². The largest absolute Gasteiger partial charge is 1.00 e. The fourth-order valence-electron chi connectivity index (χ4n) is 10.4. The van der Waals surface area contributed by atoms with Gasteiger partial charge in [0.25, 0.3) is 34.3 Å². The molecule has 1 unspecified atom stereocenters. The molecule has 40 heteroatoms. The van der Waals surface area contributed by atoms with Gasteiger partial charge in [0.2, 0.25) is 0 Å². The van der Waals surface area contributed by atoms with Crippen LogP contribution in [0.5, 0.6) is 0 Å². The van der Waals surface area contributed by atoms with Crippen LogP contribution in [0.15, 0.2) is 79.5 Å². The first-order chi connectivity index (χ1) is 54.6. The van der Waals surface area contributed by atoms with Gasteiger partial charge in [-0.25, -0.2) is 48.9 Å². The Hall–Kier alpha value is -7.33. The number of rotatable bonds is 26. The Kier molecular flexibility index (Phi) is 28.9. The van der Waals surface area contributed by atoms with Gasteiger partial charge in [-0.15, -0.1) is 0 Å². The Balaban J connectivity index is 0.000000508. The van der Waals surface area contributed by atoms with Gasteiger partial charge in [0, 0.05) is 127 Å². The topological polar surface area (TPSA) is 453 Å². The van der Waals surface area contributed by atoms with E-state index in [4.69, 9.17) is 30.6 Å². The number of Topliss-reactive ketones (excluding diaryl/α,β-unsaturated/α-hetero) is 2. The van der Waals surface area contributed by atoms with E-state index in [2.05, 4.69) is 29.8 Å². The van der Waals surface area contributed by atoms with Gasteiger partial charge in [0.15, 0.2) is 55.8 Å². The average Bonchev–Trinajstić information content (AvgIpc) is 1.61. The summed E-state index contributed by atoms with van der Waals surface area (Å²) < 4.78 is 132. The van der Waals surface area contributed by atoms with E-state index in [9.17, 15) is 72.9 Å². The molecule has 0 saturated heterocycles. The van der Waals surface area contributed by atoms with E-state index < -0.39 is 94.5 Å². The standard InChI is InChI=1S/3C13H20N4O3.2C13H18N4O3.CH2O3.2K.H/c5*1-9(18)6-4-5-7-17-12(19)10-11(14-8-15(10)2)16(3)13(17)20;2-1-4-3;;;/h3*8-9,18H,4-7H2,1-3H3;2*8H,4-7H2,1-3H3;1,3H;;;/q;;;;;;2*+1;-1/p-1/t2*9-;;;;;;;/m10......./s1/i3*6D2,8D,9D;6D2,8D;;;;;. The molecule has 3 atom stereocenters. The third kappa shape index (κ3) is 23.6. The zero-order valence-corrected chi connectivity index (χ0v) is 68.6. The predicted octanol–water partition coefficient (Wildman–Crippen LogP) is -7.10. The molecule has 0 aliphatic carbocycles. The molecule has 10 aromatic rings. The van der Waals surface area contributed by atoms with E-state index in [0.717, 1.165) is 39.0 Å². The number of ketones is 2. The van der Waals surface area contributed by atoms with Crippen molar-refractivity contribution >= 4 is 73.9 Å². The fraction of sp³-hybridized carbons (Fsp3) is 0.576. The molecule has 10 heterocycles. The Bertz CT molecular complexity index is 5770. The van der Waals surface area contributed by atoms with Gasteiger partial charge >= 0.3 is 131 Å². The first-order valence-electron chi connectivity index (χ1n) is 39.6. The molecular formula is C66H98K2N20O18. The molecule has 106 heavy (non-hydrogen) atoms. The van der Waals surface area contributed by atoms with Crippen molar-refractivity contribution in [1.29, 1.82) is 0 Å². The molecule has 0 amide bonds. The van der Waals surface area contributed by atoms with Crippen molar-refractivity contribution in [2.24, 2.45) is 70.5 Å². The molecule has 0 fully saturated rings. The minimum Gasteiger partial charge on any atom is -1.00 e. The van der Waals surface area contributed by atoms with Gasteiger partial charge in [-0.05, 0) is 118 Å². The second-order valence-corrected chi connectivity index (χ2v) is 23.6. The maximum atomic E-state index is 12.5. The average molecular weight is 1550 g/mol. The molecule has 572 valence electrons. The molecule has 0 saturated carbocycles. The molecule has 0 aliphatic heterocycles. The second-order valence-electron chi connectivity index (χ2n) is 23.6. The van der Waals surface area contributed by atoms with E-state index >= 15 is 0 Å². The summed E-state index contributed by atoms with van der Waals surface area (Å²) >= 11 is 0. The third-order valence-electron chi connectivity index (χ3n) is 15.7. The molecule has 10 aromatic heterocycles. The summed E-state index contributed by atoms with van der Waals surface area (Å²) in [7, 11) is 15.1. The summed E-state index contributed by atoms with van der Waals surface area (Å²) in [5.41, 5.74) is -3.63. The molecule has 0 aromatic carbocycles. The fourth-order valence-corrected chi connectivity index (χ4v) is 10.4. The number of imidazole rings is 5.